The summed E-state index contributed by atoms with van der Waals surface area (Å²) < 4.78 is 9.99. The van der Waals surface area contributed by atoms with Crippen molar-refractivity contribution in [2.75, 3.05) is 18.7 Å². The van der Waals surface area contributed by atoms with E-state index in [0.717, 1.165) is 45.2 Å². The number of ether oxygens (including phenoxy) is 1. The van der Waals surface area contributed by atoms with Crippen molar-refractivity contribution in [3.8, 4) is 0 Å². The van der Waals surface area contributed by atoms with E-state index in [1.54, 1.807) is 11.7 Å². The number of anilines is 1. The monoisotopic (exact) mass is 468 g/mol. The minimum absolute atomic E-state index is 0.167. The normalized spacial score (nSPS) is 12.0. The Morgan fingerprint density at radius 1 is 1.31 bits per heavy atom. The largest absolute Gasteiger partial charge is 0.362 e. The molecule has 0 fully saturated rings. The van der Waals surface area contributed by atoms with E-state index in [2.05, 4.69) is 35.0 Å². The van der Waals surface area contributed by atoms with Gasteiger partial charge in [-0.2, -0.15) is 5.10 Å². The molecule has 0 spiro atoms. The maximum absolute atomic E-state index is 13.2. The Kier molecular flexibility index (Phi) is 6.27. The first kappa shape index (κ1) is 22.4. The Morgan fingerprint density at radius 2 is 2.12 bits per heavy atom. The van der Waals surface area contributed by atoms with Crippen LogP contribution in [0.1, 0.15) is 11.1 Å². The van der Waals surface area contributed by atoms with Gasteiger partial charge in [-0.25, -0.2) is 9.67 Å². The van der Waals surface area contributed by atoms with Crippen molar-refractivity contribution in [3.05, 3.63) is 51.4 Å². The van der Waals surface area contributed by atoms with Gasteiger partial charge >= 0.3 is 0 Å². The summed E-state index contributed by atoms with van der Waals surface area (Å²) in [4.78, 5) is 17.6. The van der Waals surface area contributed by atoms with E-state index in [-0.39, 0.29) is 12.1 Å². The molecule has 0 aliphatic heterocycles. The molecule has 0 atom stereocenters. The Balaban J connectivity index is 1.57. The fourth-order valence-electron chi connectivity index (χ4n) is 3.67. The smallest absolute Gasteiger partial charge is 0.291 e. The zero-order valence-electron chi connectivity index (χ0n) is 18.8. The van der Waals surface area contributed by atoms with Crippen molar-refractivity contribution >= 4 is 52.6 Å². The van der Waals surface area contributed by atoms with Crippen LogP contribution >= 0.6 is 11.3 Å². The fraction of sp³-hybridized carbons (Fsp3) is 0.364. The maximum Gasteiger partial charge on any atom is 0.291 e. The number of benzene rings is 1. The Bertz CT molecular complexity index is 1330. The number of hydrogen-bond donors (Lipinski definition) is 2. The lowest BCUT2D eigenvalue weighted by molar-refractivity contribution is 0.166. The molecule has 4 aromatic rings. The third-order valence-electron chi connectivity index (χ3n) is 5.49. The second-order valence-electron chi connectivity index (χ2n) is 9.00. The van der Waals surface area contributed by atoms with Crippen LogP contribution in [0.25, 0.3) is 21.3 Å². The summed E-state index contributed by atoms with van der Waals surface area (Å²) in [6.07, 6.45) is 3.04. The second kappa shape index (κ2) is 8.97. The predicted molar refractivity (Wildman–Crippen MR) is 134 cm³/mol. The zero-order valence-corrected chi connectivity index (χ0v) is 20.6. The van der Waals surface area contributed by atoms with Gasteiger partial charge in [-0.05, 0) is 17.7 Å². The van der Waals surface area contributed by atoms with Gasteiger partial charge in [0.05, 0.1) is 23.0 Å². The zero-order chi connectivity index (χ0) is 22.9. The molecule has 10 heteroatoms. The van der Waals surface area contributed by atoms with Crippen molar-refractivity contribution in [3.63, 3.8) is 0 Å². The van der Waals surface area contributed by atoms with Crippen LogP contribution in [-0.4, -0.2) is 47.0 Å². The van der Waals surface area contributed by atoms with E-state index in [9.17, 15) is 4.79 Å². The van der Waals surface area contributed by atoms with Gasteiger partial charge in [-0.3, -0.25) is 4.79 Å². The molecule has 0 aliphatic carbocycles. The lowest BCUT2D eigenvalue weighted by atomic mass is 10.1. The first-order chi connectivity index (χ1) is 15.3. The van der Waals surface area contributed by atoms with Gasteiger partial charge in [0.2, 0.25) is 0 Å². The van der Waals surface area contributed by atoms with Crippen molar-refractivity contribution in [1.29, 1.82) is 5.41 Å². The first-order valence-electron chi connectivity index (χ1n) is 10.5. The van der Waals surface area contributed by atoms with Gasteiger partial charge in [0.15, 0.2) is 5.65 Å². The minimum Gasteiger partial charge on any atom is -0.362 e. The number of rotatable bonds is 9. The van der Waals surface area contributed by atoms with Crippen LogP contribution in [0.4, 0.5) is 5.69 Å². The van der Waals surface area contributed by atoms with Gasteiger partial charge in [0.1, 0.15) is 12.2 Å². The van der Waals surface area contributed by atoms with E-state index in [0.29, 0.717) is 12.2 Å². The maximum atomic E-state index is 13.2. The van der Waals surface area contributed by atoms with Crippen LogP contribution in [0.5, 0.6) is 0 Å². The molecule has 0 radical (unpaired) electrons. The molecule has 3 heterocycles. The summed E-state index contributed by atoms with van der Waals surface area (Å²) in [7, 11) is 0.727. The van der Waals surface area contributed by atoms with E-state index in [1.165, 1.54) is 22.2 Å². The highest BCUT2D eigenvalue weighted by Crippen LogP contribution is 2.28. The lowest BCUT2D eigenvalue weighted by Crippen LogP contribution is -2.25. The number of aromatic nitrogens is 4. The molecule has 168 valence electrons. The van der Waals surface area contributed by atoms with E-state index >= 15 is 0 Å². The SMILES string of the molecule is Cn1c2ncsc2c2cnn(Cc3cccc(NCOCC[Si](C)(C)C)c3C=N)c(=O)c21. The highest BCUT2D eigenvalue weighted by Gasteiger charge is 2.17. The van der Waals surface area contributed by atoms with E-state index in [1.807, 2.05) is 29.8 Å². The average Bonchev–Trinajstić information content (AvgIpc) is 3.32. The van der Waals surface area contributed by atoms with Crippen LogP contribution in [0.3, 0.4) is 0 Å². The average molecular weight is 469 g/mol. The van der Waals surface area contributed by atoms with Crippen molar-refractivity contribution < 1.29 is 4.74 Å². The predicted octanol–water partition coefficient (Wildman–Crippen LogP) is 4.11. The molecule has 32 heavy (non-hydrogen) atoms. The number of hydrogen-bond acceptors (Lipinski definition) is 7. The Hall–Kier alpha value is -2.82. The number of aryl methyl sites for hydroxylation is 1. The summed E-state index contributed by atoms with van der Waals surface area (Å²) in [5.74, 6) is 0. The highest BCUT2D eigenvalue weighted by molar-refractivity contribution is 7.17. The Morgan fingerprint density at radius 3 is 2.88 bits per heavy atom. The molecule has 0 bridgehead atoms. The minimum atomic E-state index is -1.13. The molecule has 0 unspecified atom stereocenters. The topological polar surface area (TPSA) is 97.8 Å². The summed E-state index contributed by atoms with van der Waals surface area (Å²) in [5, 5.41) is 16.4. The molecule has 3 aromatic heterocycles. The van der Waals surface area contributed by atoms with Gasteiger partial charge in [0, 0.05) is 44.6 Å². The molecule has 4 rings (SSSR count). The molecule has 0 amide bonds. The quantitative estimate of drug-likeness (QED) is 0.167. The number of thiazole rings is 1. The summed E-state index contributed by atoms with van der Waals surface area (Å²) in [6.45, 7) is 8.35. The van der Waals surface area contributed by atoms with Crippen LogP contribution in [0.2, 0.25) is 25.7 Å². The lowest BCUT2D eigenvalue weighted by Gasteiger charge is -2.17. The van der Waals surface area contributed by atoms with Crippen molar-refractivity contribution in [2.45, 2.75) is 32.2 Å². The molecule has 2 N–H and O–H groups in total. The van der Waals surface area contributed by atoms with Crippen molar-refractivity contribution in [1.82, 2.24) is 19.3 Å². The van der Waals surface area contributed by atoms with Gasteiger partial charge in [-0.15, -0.1) is 11.3 Å². The van der Waals surface area contributed by atoms with Crippen LogP contribution in [0.15, 0.2) is 34.7 Å². The fourth-order valence-corrected chi connectivity index (χ4v) is 5.25. The molecule has 8 nitrogen and oxygen atoms in total. The molecule has 0 aliphatic rings. The number of fused-ring (bicyclic) bond motifs is 3. The summed E-state index contributed by atoms with van der Waals surface area (Å²) in [5.41, 5.74) is 5.37. The third-order valence-corrected chi connectivity index (χ3v) is 8.04. The molecule has 1 aromatic carbocycles. The van der Waals surface area contributed by atoms with Gasteiger partial charge < -0.3 is 20.0 Å². The number of nitrogens with one attached hydrogen (secondary N) is 2. The third kappa shape index (κ3) is 4.38. The standard InChI is InChI=1S/C22H28N6O2SSi/c1-27-19-17(20-21(27)25-14-31-20)11-26-28(22(19)29)12-15-6-5-7-18(16(15)10-23)24-13-30-8-9-32(2,3)4/h5-7,10-11,14,23-24H,8-9,12-13H2,1-4H3. The first-order valence-corrected chi connectivity index (χ1v) is 15.1. The highest BCUT2D eigenvalue weighted by atomic mass is 32.1. The van der Waals surface area contributed by atoms with Crippen LogP contribution < -0.4 is 10.9 Å². The van der Waals surface area contributed by atoms with Gasteiger partial charge in [0.25, 0.3) is 5.56 Å². The summed E-state index contributed by atoms with van der Waals surface area (Å²) >= 11 is 1.51. The van der Waals surface area contributed by atoms with Crippen molar-refractivity contribution in [2.24, 2.45) is 7.05 Å². The molecule has 0 saturated heterocycles. The number of nitrogens with zero attached hydrogens (tertiary/aromatic N) is 4. The van der Waals surface area contributed by atoms with Crippen LogP contribution in [-0.2, 0) is 18.3 Å². The van der Waals surface area contributed by atoms with Gasteiger partial charge in [-0.1, -0.05) is 31.8 Å². The Labute approximate surface area is 191 Å². The molecular weight excluding hydrogens is 440 g/mol. The van der Waals surface area contributed by atoms with Crippen LogP contribution in [0, 0.1) is 5.41 Å². The second-order valence-corrected chi connectivity index (χ2v) is 15.5. The molecule has 0 saturated carbocycles. The van der Waals surface area contributed by atoms with E-state index in [4.69, 9.17) is 10.1 Å². The summed E-state index contributed by atoms with van der Waals surface area (Å²) in [6, 6.07) is 6.86. The van der Waals surface area contributed by atoms with E-state index < -0.39 is 8.07 Å². The molecular formula is C22H28N6O2SSi.